The van der Waals surface area contributed by atoms with Crippen molar-refractivity contribution in [1.29, 1.82) is 0 Å². The minimum absolute atomic E-state index is 0.0848. The standard InChI is InChI=1S/C12H18O5/c13-1-2-15-11(14)9-5-8-6-10(9)12(7-8)16-3-4-17-12/h8-10,13H,1-7H2/t8-,9+,10-/m0/s1. The number of aliphatic hydroxyl groups excluding tert-OH is 1. The number of aliphatic hydroxyl groups is 1. The third-order valence-electron chi connectivity index (χ3n) is 4.21. The zero-order chi connectivity index (χ0) is 11.9. The summed E-state index contributed by atoms with van der Waals surface area (Å²) in [6.45, 7) is 1.22. The van der Waals surface area contributed by atoms with Gasteiger partial charge in [0.1, 0.15) is 6.61 Å². The molecule has 5 heteroatoms. The number of carbonyl (C=O) groups is 1. The topological polar surface area (TPSA) is 65.0 Å². The molecule has 3 fully saturated rings. The van der Waals surface area contributed by atoms with E-state index in [2.05, 4.69) is 0 Å². The molecule has 0 aromatic carbocycles. The van der Waals surface area contributed by atoms with Crippen molar-refractivity contribution in [2.24, 2.45) is 17.8 Å². The Balaban J connectivity index is 1.69. The van der Waals surface area contributed by atoms with Gasteiger partial charge in [0.25, 0.3) is 0 Å². The third kappa shape index (κ3) is 1.77. The molecule has 3 rings (SSSR count). The SMILES string of the molecule is O=C(OCCO)[C@@H]1C[C@H]2C[C@@H]1C1(C2)OCCO1. The number of carbonyl (C=O) groups excluding carboxylic acids is 1. The maximum absolute atomic E-state index is 11.9. The van der Waals surface area contributed by atoms with Crippen LogP contribution < -0.4 is 0 Å². The van der Waals surface area contributed by atoms with Crippen molar-refractivity contribution in [2.75, 3.05) is 26.4 Å². The predicted molar refractivity (Wildman–Crippen MR) is 57.0 cm³/mol. The van der Waals surface area contributed by atoms with Gasteiger partial charge in [-0.3, -0.25) is 4.79 Å². The van der Waals surface area contributed by atoms with Gasteiger partial charge in [0, 0.05) is 12.3 Å². The normalized spacial score (nSPS) is 37.8. The summed E-state index contributed by atoms with van der Waals surface area (Å²) >= 11 is 0. The Labute approximate surface area is 100 Å². The summed E-state index contributed by atoms with van der Waals surface area (Å²) in [7, 11) is 0. The number of hydrogen-bond donors (Lipinski definition) is 1. The minimum atomic E-state index is -0.508. The van der Waals surface area contributed by atoms with E-state index in [1.54, 1.807) is 0 Å². The van der Waals surface area contributed by atoms with Gasteiger partial charge in [0.15, 0.2) is 5.79 Å². The lowest BCUT2D eigenvalue weighted by Crippen LogP contribution is -2.43. The van der Waals surface area contributed by atoms with Crippen LogP contribution in [0.1, 0.15) is 19.3 Å². The lowest BCUT2D eigenvalue weighted by molar-refractivity contribution is -0.208. The van der Waals surface area contributed by atoms with Gasteiger partial charge >= 0.3 is 5.97 Å². The van der Waals surface area contributed by atoms with Crippen LogP contribution in [0.15, 0.2) is 0 Å². The molecule has 0 radical (unpaired) electrons. The highest BCUT2D eigenvalue weighted by molar-refractivity contribution is 5.73. The van der Waals surface area contributed by atoms with Crippen molar-refractivity contribution >= 4 is 5.97 Å². The summed E-state index contributed by atoms with van der Waals surface area (Å²) in [4.78, 5) is 11.9. The van der Waals surface area contributed by atoms with E-state index in [0.29, 0.717) is 19.1 Å². The highest BCUT2D eigenvalue weighted by Gasteiger charge is 2.61. The van der Waals surface area contributed by atoms with Crippen molar-refractivity contribution in [1.82, 2.24) is 0 Å². The molecule has 17 heavy (non-hydrogen) atoms. The van der Waals surface area contributed by atoms with Crippen LogP contribution >= 0.6 is 0 Å². The zero-order valence-electron chi connectivity index (χ0n) is 9.76. The molecule has 5 nitrogen and oxygen atoms in total. The second-order valence-corrected chi connectivity index (χ2v) is 5.15. The molecule has 2 saturated carbocycles. The Kier molecular flexibility index (Phi) is 2.84. The number of esters is 1. The number of ether oxygens (including phenoxy) is 3. The molecule has 1 heterocycles. The lowest BCUT2D eigenvalue weighted by atomic mass is 9.84. The first-order valence-electron chi connectivity index (χ1n) is 6.30. The summed E-state index contributed by atoms with van der Waals surface area (Å²) < 4.78 is 16.5. The quantitative estimate of drug-likeness (QED) is 0.722. The number of hydrogen-bond acceptors (Lipinski definition) is 5. The minimum Gasteiger partial charge on any atom is -0.463 e. The van der Waals surface area contributed by atoms with Crippen LogP contribution in [0.4, 0.5) is 0 Å². The van der Waals surface area contributed by atoms with E-state index in [0.717, 1.165) is 19.3 Å². The molecule has 0 unspecified atom stereocenters. The Hall–Kier alpha value is -0.650. The summed E-state index contributed by atoms with van der Waals surface area (Å²) in [6, 6.07) is 0. The molecule has 1 aliphatic heterocycles. The van der Waals surface area contributed by atoms with Gasteiger partial charge in [0.2, 0.25) is 0 Å². The van der Waals surface area contributed by atoms with Gasteiger partial charge in [-0.25, -0.2) is 0 Å². The van der Waals surface area contributed by atoms with Crippen LogP contribution in [-0.4, -0.2) is 43.3 Å². The fraction of sp³-hybridized carbons (Fsp3) is 0.917. The van der Waals surface area contributed by atoms with Crippen molar-refractivity contribution < 1.29 is 24.1 Å². The van der Waals surface area contributed by atoms with Crippen LogP contribution in [0.2, 0.25) is 0 Å². The highest BCUT2D eigenvalue weighted by atomic mass is 16.7. The van der Waals surface area contributed by atoms with Crippen LogP contribution in [0.25, 0.3) is 0 Å². The molecule has 1 N–H and O–H groups in total. The van der Waals surface area contributed by atoms with Gasteiger partial charge in [-0.15, -0.1) is 0 Å². The predicted octanol–water partition coefficient (Wildman–Crippen LogP) is 0.311. The summed E-state index contributed by atoms with van der Waals surface area (Å²) in [5, 5.41) is 8.67. The van der Waals surface area contributed by atoms with E-state index >= 15 is 0 Å². The molecule has 2 aliphatic carbocycles. The molecular weight excluding hydrogens is 224 g/mol. The Morgan fingerprint density at radius 2 is 2.12 bits per heavy atom. The maximum atomic E-state index is 11.9. The second-order valence-electron chi connectivity index (χ2n) is 5.15. The maximum Gasteiger partial charge on any atom is 0.309 e. The van der Waals surface area contributed by atoms with Crippen molar-refractivity contribution in [3.8, 4) is 0 Å². The van der Waals surface area contributed by atoms with E-state index in [9.17, 15) is 4.79 Å². The largest absolute Gasteiger partial charge is 0.463 e. The van der Waals surface area contributed by atoms with E-state index in [1.807, 2.05) is 0 Å². The molecule has 1 saturated heterocycles. The number of fused-ring (bicyclic) bond motifs is 3. The Bertz CT molecular complexity index is 310. The molecule has 96 valence electrons. The van der Waals surface area contributed by atoms with E-state index in [-0.39, 0.29) is 31.0 Å². The van der Waals surface area contributed by atoms with Crippen molar-refractivity contribution in [3.63, 3.8) is 0 Å². The van der Waals surface area contributed by atoms with Gasteiger partial charge in [-0.05, 0) is 18.8 Å². The summed E-state index contributed by atoms with van der Waals surface area (Å²) in [5.74, 6) is -0.166. The molecule has 0 amide bonds. The van der Waals surface area contributed by atoms with E-state index < -0.39 is 5.79 Å². The van der Waals surface area contributed by atoms with Crippen LogP contribution in [0.5, 0.6) is 0 Å². The zero-order valence-corrected chi connectivity index (χ0v) is 9.76. The van der Waals surface area contributed by atoms with Gasteiger partial charge in [-0.1, -0.05) is 0 Å². The van der Waals surface area contributed by atoms with Crippen LogP contribution in [0.3, 0.4) is 0 Å². The molecular formula is C12H18O5. The second kappa shape index (κ2) is 4.23. The first-order chi connectivity index (χ1) is 8.25. The summed E-state index contributed by atoms with van der Waals surface area (Å²) in [5.41, 5.74) is 0. The first-order valence-corrected chi connectivity index (χ1v) is 6.30. The van der Waals surface area contributed by atoms with Crippen molar-refractivity contribution in [2.45, 2.75) is 25.0 Å². The molecule has 2 bridgehead atoms. The Morgan fingerprint density at radius 1 is 1.35 bits per heavy atom. The lowest BCUT2D eigenvalue weighted by Gasteiger charge is -2.35. The average molecular weight is 242 g/mol. The average Bonchev–Trinajstić information content (AvgIpc) is 3.01. The van der Waals surface area contributed by atoms with E-state index in [1.165, 1.54) is 0 Å². The monoisotopic (exact) mass is 242 g/mol. The molecule has 0 aromatic heterocycles. The van der Waals surface area contributed by atoms with Gasteiger partial charge in [0.05, 0.1) is 25.7 Å². The first kappa shape index (κ1) is 11.4. The molecule has 3 aliphatic rings. The summed E-state index contributed by atoms with van der Waals surface area (Å²) in [6.07, 6.45) is 2.80. The molecule has 3 atom stereocenters. The Morgan fingerprint density at radius 3 is 2.76 bits per heavy atom. The van der Waals surface area contributed by atoms with Crippen molar-refractivity contribution in [3.05, 3.63) is 0 Å². The smallest absolute Gasteiger partial charge is 0.309 e. The van der Waals surface area contributed by atoms with E-state index in [4.69, 9.17) is 19.3 Å². The highest BCUT2D eigenvalue weighted by Crippen LogP contribution is 2.57. The van der Waals surface area contributed by atoms with Crippen LogP contribution in [0, 0.1) is 17.8 Å². The van der Waals surface area contributed by atoms with Crippen LogP contribution in [-0.2, 0) is 19.0 Å². The molecule has 0 aromatic rings. The molecule has 1 spiro atoms. The number of rotatable bonds is 3. The fourth-order valence-electron chi connectivity index (χ4n) is 3.67. The fourth-order valence-corrected chi connectivity index (χ4v) is 3.67. The van der Waals surface area contributed by atoms with Gasteiger partial charge < -0.3 is 19.3 Å². The van der Waals surface area contributed by atoms with Gasteiger partial charge in [-0.2, -0.15) is 0 Å². The third-order valence-corrected chi connectivity index (χ3v) is 4.21.